The zero-order chi connectivity index (χ0) is 14.5. The highest BCUT2D eigenvalue weighted by Crippen LogP contribution is 2.28. The summed E-state index contributed by atoms with van der Waals surface area (Å²) in [6.07, 6.45) is 3.70. The van der Waals surface area contributed by atoms with E-state index >= 15 is 0 Å². The van der Waals surface area contributed by atoms with Crippen molar-refractivity contribution in [3.8, 4) is 5.75 Å². The molecule has 2 aromatic rings. The first-order valence-corrected chi connectivity index (χ1v) is 7.51. The lowest BCUT2D eigenvalue weighted by molar-refractivity contribution is 0.242. The molecule has 0 aliphatic heterocycles. The van der Waals surface area contributed by atoms with Crippen LogP contribution in [0.3, 0.4) is 0 Å². The largest absolute Gasteiger partial charge is 0.489 e. The van der Waals surface area contributed by atoms with Gasteiger partial charge in [-0.05, 0) is 59.6 Å². The standard InChI is InChI=1S/C15H16BrClN2O/c1-10(2)20-15-4-3-13(6-14(15)17)19-8-11-5-12(16)9-18-7-11/h3-7,9-10,19H,8H2,1-2H3. The first kappa shape index (κ1) is 15.1. The van der Waals surface area contributed by atoms with Gasteiger partial charge in [-0.1, -0.05) is 11.6 Å². The van der Waals surface area contributed by atoms with Crippen LogP contribution in [-0.4, -0.2) is 11.1 Å². The fraction of sp³-hybridized carbons (Fsp3) is 0.267. The minimum atomic E-state index is 0.110. The second-order valence-electron chi connectivity index (χ2n) is 4.68. The summed E-state index contributed by atoms with van der Waals surface area (Å²) < 4.78 is 6.57. The van der Waals surface area contributed by atoms with Crippen LogP contribution < -0.4 is 10.1 Å². The monoisotopic (exact) mass is 354 g/mol. The van der Waals surface area contributed by atoms with Gasteiger partial charge in [0.05, 0.1) is 11.1 Å². The molecule has 0 bridgehead atoms. The average molecular weight is 356 g/mol. The van der Waals surface area contributed by atoms with E-state index in [1.165, 1.54) is 0 Å². The van der Waals surface area contributed by atoms with Gasteiger partial charge >= 0.3 is 0 Å². The summed E-state index contributed by atoms with van der Waals surface area (Å²) in [5.41, 5.74) is 2.05. The van der Waals surface area contributed by atoms with Crippen LogP contribution in [0.2, 0.25) is 5.02 Å². The molecule has 0 spiro atoms. The number of halogens is 2. The molecule has 0 radical (unpaired) electrons. The van der Waals surface area contributed by atoms with Gasteiger partial charge in [-0.15, -0.1) is 0 Å². The van der Waals surface area contributed by atoms with E-state index in [9.17, 15) is 0 Å². The number of nitrogens with one attached hydrogen (secondary N) is 1. The normalized spacial score (nSPS) is 10.7. The number of anilines is 1. The minimum absolute atomic E-state index is 0.110. The molecule has 1 aromatic heterocycles. The third-order valence-electron chi connectivity index (χ3n) is 2.55. The number of benzene rings is 1. The zero-order valence-electron chi connectivity index (χ0n) is 11.4. The lowest BCUT2D eigenvalue weighted by Gasteiger charge is -2.13. The molecule has 1 N–H and O–H groups in total. The Bertz CT molecular complexity index is 590. The van der Waals surface area contributed by atoms with Gasteiger partial charge in [0.25, 0.3) is 0 Å². The molecule has 0 aliphatic rings. The van der Waals surface area contributed by atoms with E-state index in [0.717, 1.165) is 15.7 Å². The molecule has 1 aromatic carbocycles. The Morgan fingerprint density at radius 1 is 1.30 bits per heavy atom. The van der Waals surface area contributed by atoms with E-state index in [-0.39, 0.29) is 6.10 Å². The van der Waals surface area contributed by atoms with Gasteiger partial charge in [0.15, 0.2) is 0 Å². The molecule has 0 saturated carbocycles. The lowest BCUT2D eigenvalue weighted by atomic mass is 10.2. The Hall–Kier alpha value is -1.26. The van der Waals surface area contributed by atoms with E-state index < -0.39 is 0 Å². The zero-order valence-corrected chi connectivity index (χ0v) is 13.7. The Kier molecular flexibility index (Phi) is 5.26. The number of pyridine rings is 1. The van der Waals surface area contributed by atoms with E-state index in [0.29, 0.717) is 17.3 Å². The predicted octanol–water partition coefficient (Wildman–Crippen LogP) is 4.90. The van der Waals surface area contributed by atoms with Crippen molar-refractivity contribution >= 4 is 33.2 Å². The molecule has 20 heavy (non-hydrogen) atoms. The molecule has 3 nitrogen and oxygen atoms in total. The van der Waals surface area contributed by atoms with Gasteiger partial charge in [0.1, 0.15) is 5.75 Å². The van der Waals surface area contributed by atoms with Crippen molar-refractivity contribution in [1.29, 1.82) is 0 Å². The van der Waals surface area contributed by atoms with Gasteiger partial charge in [0, 0.05) is 29.1 Å². The summed E-state index contributed by atoms with van der Waals surface area (Å²) >= 11 is 9.60. The molecule has 0 amide bonds. The highest BCUT2D eigenvalue weighted by Gasteiger charge is 2.05. The van der Waals surface area contributed by atoms with Crippen molar-refractivity contribution in [2.45, 2.75) is 26.5 Å². The van der Waals surface area contributed by atoms with Crippen LogP contribution in [-0.2, 0) is 6.54 Å². The third kappa shape index (κ3) is 4.39. The fourth-order valence-corrected chi connectivity index (χ4v) is 2.35. The summed E-state index contributed by atoms with van der Waals surface area (Å²) in [6, 6.07) is 7.72. The SMILES string of the molecule is CC(C)Oc1ccc(NCc2cncc(Br)c2)cc1Cl. The van der Waals surface area contributed by atoms with E-state index in [2.05, 4.69) is 26.2 Å². The molecule has 0 unspecified atom stereocenters. The van der Waals surface area contributed by atoms with Crippen molar-refractivity contribution in [3.63, 3.8) is 0 Å². The van der Waals surface area contributed by atoms with Gasteiger partial charge in [0.2, 0.25) is 0 Å². The number of ether oxygens (including phenoxy) is 1. The Morgan fingerprint density at radius 2 is 2.10 bits per heavy atom. The first-order valence-electron chi connectivity index (χ1n) is 6.34. The minimum Gasteiger partial charge on any atom is -0.489 e. The average Bonchev–Trinajstić information content (AvgIpc) is 2.39. The highest BCUT2D eigenvalue weighted by atomic mass is 79.9. The van der Waals surface area contributed by atoms with Crippen LogP contribution in [0.5, 0.6) is 5.75 Å². The van der Waals surface area contributed by atoms with E-state index in [1.54, 1.807) is 6.20 Å². The topological polar surface area (TPSA) is 34.1 Å². The van der Waals surface area contributed by atoms with E-state index in [1.807, 2.05) is 44.3 Å². The summed E-state index contributed by atoms with van der Waals surface area (Å²) in [6.45, 7) is 4.64. The van der Waals surface area contributed by atoms with Crippen molar-refractivity contribution < 1.29 is 4.74 Å². The van der Waals surface area contributed by atoms with Crippen LogP contribution >= 0.6 is 27.5 Å². The molecular formula is C15H16BrClN2O. The number of hydrogen-bond donors (Lipinski definition) is 1. The maximum atomic E-state index is 6.20. The van der Waals surface area contributed by atoms with Gasteiger partial charge < -0.3 is 10.1 Å². The van der Waals surface area contributed by atoms with Gasteiger partial charge in [-0.25, -0.2) is 0 Å². The van der Waals surface area contributed by atoms with Crippen molar-refractivity contribution in [1.82, 2.24) is 4.98 Å². The maximum Gasteiger partial charge on any atom is 0.138 e. The van der Waals surface area contributed by atoms with Crippen LogP contribution in [0, 0.1) is 0 Å². The molecule has 106 valence electrons. The van der Waals surface area contributed by atoms with Gasteiger partial charge in [-0.2, -0.15) is 0 Å². The quantitative estimate of drug-likeness (QED) is 0.828. The Morgan fingerprint density at radius 3 is 2.75 bits per heavy atom. The summed E-state index contributed by atoms with van der Waals surface area (Å²) in [7, 11) is 0. The molecule has 0 aliphatic carbocycles. The molecule has 0 fully saturated rings. The van der Waals surface area contributed by atoms with Gasteiger partial charge in [-0.3, -0.25) is 4.98 Å². The Labute approximate surface area is 132 Å². The van der Waals surface area contributed by atoms with Crippen LogP contribution in [0.25, 0.3) is 0 Å². The highest BCUT2D eigenvalue weighted by molar-refractivity contribution is 9.10. The summed E-state index contributed by atoms with van der Waals surface area (Å²) in [5, 5.41) is 3.92. The summed E-state index contributed by atoms with van der Waals surface area (Å²) in [4.78, 5) is 4.13. The van der Waals surface area contributed by atoms with Crippen LogP contribution in [0.4, 0.5) is 5.69 Å². The fourth-order valence-electron chi connectivity index (χ4n) is 1.72. The number of aromatic nitrogens is 1. The molecule has 2 rings (SSSR count). The van der Waals surface area contributed by atoms with Crippen LogP contribution in [0.1, 0.15) is 19.4 Å². The number of rotatable bonds is 5. The molecule has 0 saturated heterocycles. The maximum absolute atomic E-state index is 6.20. The summed E-state index contributed by atoms with van der Waals surface area (Å²) in [5.74, 6) is 0.705. The van der Waals surface area contributed by atoms with E-state index in [4.69, 9.17) is 16.3 Å². The first-order chi connectivity index (χ1) is 9.54. The van der Waals surface area contributed by atoms with Crippen LogP contribution in [0.15, 0.2) is 41.1 Å². The number of hydrogen-bond acceptors (Lipinski definition) is 3. The molecule has 5 heteroatoms. The Balaban J connectivity index is 2.02. The predicted molar refractivity (Wildman–Crippen MR) is 86.5 cm³/mol. The lowest BCUT2D eigenvalue weighted by Crippen LogP contribution is -2.06. The third-order valence-corrected chi connectivity index (χ3v) is 3.28. The second kappa shape index (κ2) is 6.95. The van der Waals surface area contributed by atoms with Crippen molar-refractivity contribution in [2.75, 3.05) is 5.32 Å². The molecular weight excluding hydrogens is 340 g/mol. The van der Waals surface area contributed by atoms with Crippen molar-refractivity contribution in [2.24, 2.45) is 0 Å². The molecule has 1 heterocycles. The number of nitrogens with zero attached hydrogens (tertiary/aromatic N) is 1. The second-order valence-corrected chi connectivity index (χ2v) is 6.00. The van der Waals surface area contributed by atoms with Crippen molar-refractivity contribution in [3.05, 3.63) is 51.7 Å². The molecule has 0 atom stereocenters. The smallest absolute Gasteiger partial charge is 0.138 e.